The van der Waals surface area contributed by atoms with Crippen molar-refractivity contribution in [1.82, 2.24) is 0 Å². The van der Waals surface area contributed by atoms with Crippen LogP contribution >= 0.6 is 27.5 Å². The van der Waals surface area contributed by atoms with Gasteiger partial charge in [0.25, 0.3) is 0 Å². The second-order valence-electron chi connectivity index (χ2n) is 1.32. The van der Waals surface area contributed by atoms with E-state index in [1.54, 1.807) is 0 Å². The molecule has 0 unspecified atom stereocenters. The van der Waals surface area contributed by atoms with E-state index in [0.717, 1.165) is 0 Å². The summed E-state index contributed by atoms with van der Waals surface area (Å²) in [5.41, 5.74) is 0. The number of rotatable bonds is 0. The van der Waals surface area contributed by atoms with Crippen molar-refractivity contribution in [3.8, 4) is 0 Å². The van der Waals surface area contributed by atoms with E-state index < -0.39 is 17.9 Å². The van der Waals surface area contributed by atoms with Gasteiger partial charge in [-0.05, 0) is 18.1 Å². The normalized spacial score (nSPS) is 14.3. The van der Waals surface area contributed by atoms with Crippen molar-refractivity contribution in [2.45, 2.75) is 0 Å². The van der Waals surface area contributed by atoms with Gasteiger partial charge in [0.15, 0.2) is 0 Å². The van der Waals surface area contributed by atoms with Crippen LogP contribution in [0.4, 0.5) is 4.39 Å². The Bertz CT molecular complexity index is 237. The van der Waals surface area contributed by atoms with Gasteiger partial charge in [-0.1, -0.05) is 27.5 Å². The Hall–Kier alpha value is -0.0800. The molecule has 0 spiro atoms. The summed E-state index contributed by atoms with van der Waals surface area (Å²) in [6.45, 7) is 0. The summed E-state index contributed by atoms with van der Waals surface area (Å²) in [6, 6.07) is -1.34. The van der Waals surface area contributed by atoms with Gasteiger partial charge in [0.1, 0.15) is 5.82 Å². The van der Waals surface area contributed by atoms with E-state index in [4.69, 9.17) is 15.7 Å². The van der Waals surface area contributed by atoms with E-state index in [-0.39, 0.29) is 15.5 Å². The zero-order valence-corrected chi connectivity index (χ0v) is 6.48. The van der Waals surface area contributed by atoms with Crippen LogP contribution in [0.15, 0.2) is 22.6 Å². The summed E-state index contributed by atoms with van der Waals surface area (Å²) in [5, 5.41) is -0.282. The lowest BCUT2D eigenvalue weighted by molar-refractivity contribution is 0.627. The molecule has 0 saturated heterocycles. The zero-order chi connectivity index (χ0) is 9.46. The van der Waals surface area contributed by atoms with Gasteiger partial charge < -0.3 is 0 Å². The standard InChI is InChI=1S/C6H3BrClF/c7-4-1-5(8)3-6(9)2-4/h1-3H/i1D,2D,3D. The van der Waals surface area contributed by atoms with Crippen LogP contribution in [0.2, 0.25) is 5.02 Å². The van der Waals surface area contributed by atoms with Crippen LogP contribution < -0.4 is 0 Å². The third-order valence-corrected chi connectivity index (χ3v) is 1.24. The zero-order valence-electron chi connectivity index (χ0n) is 7.13. The molecule has 0 bridgehead atoms. The maximum absolute atomic E-state index is 12.9. The van der Waals surface area contributed by atoms with Gasteiger partial charge in [0, 0.05) is 9.50 Å². The van der Waals surface area contributed by atoms with Crippen molar-refractivity contribution in [3.63, 3.8) is 0 Å². The van der Waals surface area contributed by atoms with Crippen LogP contribution in [-0.2, 0) is 0 Å². The molecule has 9 heavy (non-hydrogen) atoms. The van der Waals surface area contributed by atoms with E-state index in [0.29, 0.717) is 0 Å². The number of hydrogen-bond acceptors (Lipinski definition) is 0. The van der Waals surface area contributed by atoms with Gasteiger partial charge in [-0.2, -0.15) is 0 Å². The van der Waals surface area contributed by atoms with Gasteiger partial charge in [-0.25, -0.2) is 4.39 Å². The SMILES string of the molecule is [2H]c1c(F)c([2H])c(Br)c([2H])c1Cl. The molecule has 0 saturated carbocycles. The Kier molecular flexibility index (Phi) is 1.17. The largest absolute Gasteiger partial charge is 0.207 e. The predicted molar refractivity (Wildman–Crippen MR) is 39.1 cm³/mol. The average Bonchev–Trinajstić information content (AvgIpc) is 2.08. The highest BCUT2D eigenvalue weighted by Gasteiger charge is 1.93. The Morgan fingerprint density at radius 2 is 2.22 bits per heavy atom. The summed E-state index contributed by atoms with van der Waals surface area (Å²) in [7, 11) is 0. The number of benzene rings is 1. The third-order valence-electron chi connectivity index (χ3n) is 0.658. The molecular formula is C6H3BrClF. The molecule has 0 amide bonds. The number of halogens is 3. The Labute approximate surface area is 70.0 Å². The first-order chi connectivity index (χ1) is 5.46. The molecule has 0 radical (unpaired) electrons. The summed E-state index contributed by atoms with van der Waals surface area (Å²) in [6.07, 6.45) is 0. The molecule has 0 aromatic heterocycles. The monoisotopic (exact) mass is 211 g/mol. The molecule has 0 atom stereocenters. The van der Waals surface area contributed by atoms with Crippen molar-refractivity contribution in [2.24, 2.45) is 0 Å². The summed E-state index contributed by atoms with van der Waals surface area (Å²) in [5.74, 6) is -1.01. The molecule has 0 N–H and O–H groups in total. The van der Waals surface area contributed by atoms with Crippen LogP contribution in [0.5, 0.6) is 0 Å². The molecular weight excluding hydrogens is 206 g/mol. The molecule has 3 heteroatoms. The molecule has 0 aliphatic heterocycles. The molecule has 0 fully saturated rings. The summed E-state index contributed by atoms with van der Waals surface area (Å²) in [4.78, 5) is 0. The molecule has 1 aromatic carbocycles. The Balaban J connectivity index is 3.60. The molecule has 1 rings (SSSR count). The van der Waals surface area contributed by atoms with Crippen molar-refractivity contribution < 1.29 is 8.50 Å². The van der Waals surface area contributed by atoms with Gasteiger partial charge in [0.2, 0.25) is 0 Å². The van der Waals surface area contributed by atoms with Gasteiger partial charge >= 0.3 is 0 Å². The van der Waals surface area contributed by atoms with Crippen LogP contribution in [0.3, 0.4) is 0 Å². The van der Waals surface area contributed by atoms with Crippen molar-refractivity contribution in [1.29, 1.82) is 0 Å². The number of hydrogen-bond donors (Lipinski definition) is 0. The van der Waals surface area contributed by atoms with Crippen LogP contribution in [0.1, 0.15) is 4.11 Å². The topological polar surface area (TPSA) is 0 Å². The molecule has 0 aliphatic carbocycles. The van der Waals surface area contributed by atoms with E-state index in [1.165, 1.54) is 0 Å². The third kappa shape index (κ3) is 1.95. The van der Waals surface area contributed by atoms with E-state index >= 15 is 0 Å². The fraction of sp³-hybridized carbons (Fsp3) is 0. The van der Waals surface area contributed by atoms with E-state index in [1.807, 2.05) is 0 Å². The fourth-order valence-corrected chi connectivity index (χ4v) is 1.05. The molecule has 0 nitrogen and oxygen atoms in total. The lowest BCUT2D eigenvalue weighted by atomic mass is 10.3. The minimum Gasteiger partial charge on any atom is -0.207 e. The second-order valence-corrected chi connectivity index (χ2v) is 2.49. The first-order valence-electron chi connectivity index (χ1n) is 3.57. The van der Waals surface area contributed by atoms with E-state index in [2.05, 4.69) is 15.9 Å². The maximum atomic E-state index is 12.9. The van der Waals surface area contributed by atoms with Crippen molar-refractivity contribution in [3.05, 3.63) is 33.4 Å². The second kappa shape index (κ2) is 2.67. The van der Waals surface area contributed by atoms with Gasteiger partial charge in [0.05, 0.1) is 4.11 Å². The van der Waals surface area contributed by atoms with E-state index in [9.17, 15) is 4.39 Å². The highest BCUT2D eigenvalue weighted by atomic mass is 79.9. The molecule has 0 heterocycles. The predicted octanol–water partition coefficient (Wildman–Crippen LogP) is 3.24. The minimum absolute atomic E-state index is 0.0269. The maximum Gasteiger partial charge on any atom is 0.125 e. The molecule has 1 aromatic rings. The minimum atomic E-state index is -1.01. The Morgan fingerprint density at radius 3 is 2.89 bits per heavy atom. The first kappa shape index (κ1) is 3.94. The lowest BCUT2D eigenvalue weighted by Crippen LogP contribution is -1.72. The fourth-order valence-electron chi connectivity index (χ4n) is 0.383. The van der Waals surface area contributed by atoms with Gasteiger partial charge in [-0.15, -0.1) is 0 Å². The Morgan fingerprint density at radius 1 is 1.56 bits per heavy atom. The smallest absolute Gasteiger partial charge is 0.125 e. The van der Waals surface area contributed by atoms with Gasteiger partial charge in [-0.3, -0.25) is 0 Å². The van der Waals surface area contributed by atoms with Crippen LogP contribution in [0.25, 0.3) is 0 Å². The average molecular weight is 212 g/mol. The summed E-state index contributed by atoms with van der Waals surface area (Å²) < 4.78 is 34.2. The molecule has 0 aliphatic rings. The lowest BCUT2D eigenvalue weighted by Gasteiger charge is -1.90. The quantitative estimate of drug-likeness (QED) is 0.619. The van der Waals surface area contributed by atoms with Crippen LogP contribution in [-0.4, -0.2) is 0 Å². The van der Waals surface area contributed by atoms with Crippen molar-refractivity contribution >= 4 is 27.5 Å². The van der Waals surface area contributed by atoms with Crippen molar-refractivity contribution in [2.75, 3.05) is 0 Å². The highest BCUT2D eigenvalue weighted by molar-refractivity contribution is 9.10. The van der Waals surface area contributed by atoms with Crippen LogP contribution in [0, 0.1) is 5.82 Å². The first-order valence-corrected chi connectivity index (χ1v) is 3.24. The summed E-state index contributed by atoms with van der Waals surface area (Å²) >= 11 is 8.26. The highest BCUT2D eigenvalue weighted by Crippen LogP contribution is 2.17. The molecule has 48 valence electrons.